The summed E-state index contributed by atoms with van der Waals surface area (Å²) in [6.07, 6.45) is 4.73. The minimum Gasteiger partial charge on any atom is -0.365 e. The first-order valence-corrected chi connectivity index (χ1v) is 11.1. The Morgan fingerprint density at radius 1 is 0.781 bits per heavy atom. The number of aromatic nitrogens is 4. The van der Waals surface area contributed by atoms with Gasteiger partial charge in [0.05, 0.1) is 0 Å². The van der Waals surface area contributed by atoms with Crippen molar-refractivity contribution < 1.29 is 0 Å². The Bertz CT molecular complexity index is 1140. The van der Waals surface area contributed by atoms with Gasteiger partial charge in [0.25, 0.3) is 5.56 Å². The van der Waals surface area contributed by atoms with Crippen LogP contribution in [0.25, 0.3) is 0 Å². The number of hydrogen-bond acceptors (Lipinski definition) is 5. The summed E-state index contributed by atoms with van der Waals surface area (Å²) in [4.78, 5) is 42.0. The van der Waals surface area contributed by atoms with E-state index in [1.54, 1.807) is 21.5 Å². The van der Waals surface area contributed by atoms with Gasteiger partial charge in [0, 0.05) is 40.6 Å². The highest BCUT2D eigenvalue weighted by Gasteiger charge is 2.29. The summed E-state index contributed by atoms with van der Waals surface area (Å²) in [5, 5.41) is 3.35. The fourth-order valence-corrected chi connectivity index (χ4v) is 3.69. The molecule has 2 aromatic rings. The van der Waals surface area contributed by atoms with E-state index in [4.69, 9.17) is 0 Å². The van der Waals surface area contributed by atoms with Crippen molar-refractivity contribution in [1.29, 1.82) is 0 Å². The zero-order valence-corrected chi connectivity index (χ0v) is 21.2. The molecule has 2 rings (SSSR count). The minimum absolute atomic E-state index is 0.297. The Morgan fingerprint density at radius 2 is 1.34 bits per heavy atom. The maximum atomic E-state index is 13.1. The van der Waals surface area contributed by atoms with Crippen molar-refractivity contribution in [2.24, 2.45) is 0 Å². The van der Waals surface area contributed by atoms with Gasteiger partial charge in [-0.15, -0.1) is 0 Å². The van der Waals surface area contributed by atoms with E-state index < -0.39 is 11.1 Å². The van der Waals surface area contributed by atoms with Gasteiger partial charge in [0.2, 0.25) is 0 Å². The molecule has 0 aromatic carbocycles. The van der Waals surface area contributed by atoms with Crippen LogP contribution in [0, 0.1) is 0 Å². The second-order valence-corrected chi connectivity index (χ2v) is 11.8. The first-order chi connectivity index (χ1) is 14.3. The van der Waals surface area contributed by atoms with E-state index >= 15 is 0 Å². The van der Waals surface area contributed by atoms with Crippen LogP contribution < -0.4 is 22.3 Å². The second-order valence-electron chi connectivity index (χ2n) is 11.8. The second kappa shape index (κ2) is 8.37. The van der Waals surface area contributed by atoms with E-state index in [-0.39, 0.29) is 28.0 Å². The molecule has 178 valence electrons. The smallest absolute Gasteiger partial charge is 0.349 e. The Morgan fingerprint density at radius 3 is 1.84 bits per heavy atom. The average molecular weight is 446 g/mol. The molecule has 8 heteroatoms. The molecule has 32 heavy (non-hydrogen) atoms. The molecule has 0 fully saturated rings. The Labute approximate surface area is 190 Å². The summed E-state index contributed by atoms with van der Waals surface area (Å²) < 4.78 is 4.54. The van der Waals surface area contributed by atoms with Crippen LogP contribution >= 0.6 is 0 Å². The predicted molar refractivity (Wildman–Crippen MR) is 130 cm³/mol. The van der Waals surface area contributed by atoms with Gasteiger partial charge >= 0.3 is 11.4 Å². The first-order valence-electron chi connectivity index (χ1n) is 11.1. The molecule has 1 N–H and O–H groups in total. The Hall–Kier alpha value is -2.64. The van der Waals surface area contributed by atoms with E-state index in [9.17, 15) is 14.4 Å². The van der Waals surface area contributed by atoms with Crippen LogP contribution in [0.15, 0.2) is 38.9 Å². The molecular weight excluding hydrogens is 406 g/mol. The molecule has 0 saturated heterocycles. The highest BCUT2D eigenvalue weighted by atomic mass is 16.2. The topological polar surface area (TPSA) is 90.9 Å². The molecule has 0 spiro atoms. The van der Waals surface area contributed by atoms with Gasteiger partial charge in [-0.1, -0.05) is 0 Å². The van der Waals surface area contributed by atoms with Crippen molar-refractivity contribution in [2.45, 2.75) is 104 Å². The normalized spacial score (nSPS) is 13.3. The number of rotatable bonds is 6. The van der Waals surface area contributed by atoms with E-state index in [0.29, 0.717) is 18.7 Å². The van der Waals surface area contributed by atoms with E-state index in [1.165, 1.54) is 10.6 Å². The summed E-state index contributed by atoms with van der Waals surface area (Å²) in [5.41, 5.74) is -2.73. The summed E-state index contributed by atoms with van der Waals surface area (Å²) in [6, 6.07) is 3.26. The lowest BCUT2D eigenvalue weighted by molar-refractivity contribution is 0.259. The van der Waals surface area contributed by atoms with Crippen molar-refractivity contribution in [3.63, 3.8) is 0 Å². The summed E-state index contributed by atoms with van der Waals surface area (Å²) in [6.45, 7) is 19.5. The maximum absolute atomic E-state index is 13.1. The standard InChI is InChI=1S/C24H39N5O3/c1-21(2,3)27-15-11-17(25-19(27)31)26-23(7,8)13-14-24(9,10)28-16-12-18(30)29(20(28)32)22(4,5)6/h11-12,15-16H,13-14H2,1-10H3,(H,25,26,31). The molecule has 0 radical (unpaired) electrons. The van der Waals surface area contributed by atoms with Gasteiger partial charge in [0.1, 0.15) is 5.82 Å². The molecule has 0 saturated carbocycles. The molecule has 0 aliphatic carbocycles. The third kappa shape index (κ3) is 5.78. The molecule has 0 bridgehead atoms. The largest absolute Gasteiger partial charge is 0.365 e. The van der Waals surface area contributed by atoms with Crippen molar-refractivity contribution >= 4 is 5.82 Å². The SMILES string of the molecule is CC(C)(CCC(C)(C)n1ccc(=O)n(C(C)(C)C)c1=O)Nc1ccn(C(C)(C)C)c(=O)n1. The fraction of sp³-hybridized carbons (Fsp3) is 0.667. The summed E-state index contributed by atoms with van der Waals surface area (Å²) >= 11 is 0. The maximum Gasteiger partial charge on any atom is 0.349 e. The number of nitrogens with one attached hydrogen (secondary N) is 1. The summed E-state index contributed by atoms with van der Waals surface area (Å²) in [5.74, 6) is 0.525. The third-order valence-corrected chi connectivity index (χ3v) is 5.66. The van der Waals surface area contributed by atoms with Crippen LogP contribution in [0.3, 0.4) is 0 Å². The van der Waals surface area contributed by atoms with Crippen molar-refractivity contribution in [3.05, 3.63) is 55.8 Å². The van der Waals surface area contributed by atoms with Crippen LogP contribution in [0.4, 0.5) is 5.82 Å². The van der Waals surface area contributed by atoms with E-state index in [2.05, 4.69) is 10.3 Å². The highest BCUT2D eigenvalue weighted by Crippen LogP contribution is 2.26. The van der Waals surface area contributed by atoms with Crippen molar-refractivity contribution in [2.75, 3.05) is 5.32 Å². The van der Waals surface area contributed by atoms with Crippen LogP contribution in [-0.2, 0) is 16.6 Å². The van der Waals surface area contributed by atoms with Crippen LogP contribution in [0.5, 0.6) is 0 Å². The predicted octanol–water partition coefficient (Wildman–Crippen LogP) is 3.48. The van der Waals surface area contributed by atoms with Crippen LogP contribution in [0.2, 0.25) is 0 Å². The van der Waals surface area contributed by atoms with Crippen LogP contribution in [-0.4, -0.2) is 24.2 Å². The number of anilines is 1. The lowest BCUT2D eigenvalue weighted by atomic mass is 9.89. The van der Waals surface area contributed by atoms with Gasteiger partial charge in [-0.25, -0.2) is 9.59 Å². The van der Waals surface area contributed by atoms with Gasteiger partial charge < -0.3 is 5.32 Å². The lowest BCUT2D eigenvalue weighted by Gasteiger charge is -2.34. The highest BCUT2D eigenvalue weighted by molar-refractivity contribution is 5.35. The minimum atomic E-state index is -0.604. The number of nitrogens with zero attached hydrogens (tertiary/aromatic N) is 4. The zero-order chi connectivity index (χ0) is 24.7. The van der Waals surface area contributed by atoms with E-state index in [0.717, 1.165) is 0 Å². The Kier molecular flexibility index (Phi) is 6.70. The zero-order valence-electron chi connectivity index (χ0n) is 21.2. The van der Waals surface area contributed by atoms with Crippen molar-refractivity contribution in [1.82, 2.24) is 18.7 Å². The number of hydrogen-bond donors (Lipinski definition) is 1. The average Bonchev–Trinajstić information content (AvgIpc) is 2.57. The van der Waals surface area contributed by atoms with Crippen LogP contribution in [0.1, 0.15) is 82.1 Å². The molecule has 0 aliphatic heterocycles. The molecule has 0 aliphatic rings. The van der Waals surface area contributed by atoms with Crippen molar-refractivity contribution in [3.8, 4) is 0 Å². The molecule has 0 unspecified atom stereocenters. The fourth-order valence-electron chi connectivity index (χ4n) is 3.69. The molecule has 2 aromatic heterocycles. The molecule has 0 amide bonds. The summed E-state index contributed by atoms with van der Waals surface area (Å²) in [7, 11) is 0. The monoisotopic (exact) mass is 445 g/mol. The third-order valence-electron chi connectivity index (χ3n) is 5.66. The molecule has 0 atom stereocenters. The van der Waals surface area contributed by atoms with Gasteiger partial charge in [0.15, 0.2) is 0 Å². The quantitative estimate of drug-likeness (QED) is 0.735. The van der Waals surface area contributed by atoms with E-state index in [1.807, 2.05) is 75.3 Å². The molecule has 2 heterocycles. The Balaban J connectivity index is 2.24. The molecular formula is C24H39N5O3. The molecule has 8 nitrogen and oxygen atoms in total. The first kappa shape index (κ1) is 25.6. The van der Waals surface area contributed by atoms with Gasteiger partial charge in [-0.05, 0) is 88.1 Å². The lowest BCUT2D eigenvalue weighted by Crippen LogP contribution is -2.51. The van der Waals surface area contributed by atoms with Gasteiger partial charge in [-0.3, -0.25) is 18.5 Å². The van der Waals surface area contributed by atoms with Gasteiger partial charge in [-0.2, -0.15) is 4.98 Å².